The maximum Gasteiger partial charge on any atom is 0.150 e. The number of rotatable bonds is 3. The second-order valence-electron chi connectivity index (χ2n) is 4.41. The molecule has 6 heteroatoms. The molecule has 0 radical (unpaired) electrons. The minimum absolute atomic E-state index is 0.0170. The van der Waals surface area contributed by atoms with Crippen LogP contribution >= 0.6 is 11.6 Å². The van der Waals surface area contributed by atoms with Crippen molar-refractivity contribution in [1.82, 2.24) is 4.57 Å². The van der Waals surface area contributed by atoms with Crippen molar-refractivity contribution in [3.05, 3.63) is 51.8 Å². The van der Waals surface area contributed by atoms with Gasteiger partial charge in [-0.1, -0.05) is 11.6 Å². The van der Waals surface area contributed by atoms with Crippen molar-refractivity contribution in [2.45, 2.75) is 13.5 Å². The van der Waals surface area contributed by atoms with E-state index >= 15 is 0 Å². The molecule has 0 saturated heterocycles. The molecule has 3 nitrogen and oxygen atoms in total. The van der Waals surface area contributed by atoms with Gasteiger partial charge >= 0.3 is 0 Å². The molecule has 0 atom stereocenters. The van der Waals surface area contributed by atoms with Crippen molar-refractivity contribution >= 4 is 17.3 Å². The van der Waals surface area contributed by atoms with Crippen molar-refractivity contribution < 1.29 is 8.78 Å². The standard InChI is InChI=1S/C14H12ClF2N3/c1-8-9(3-11(6-18)20(8)2)7-19-14-12(15)4-10(16)5-13(14)17/h3-5,19H,7H2,1-2H3. The Kier molecular flexibility index (Phi) is 3.96. The number of halogens is 3. The zero-order valence-corrected chi connectivity index (χ0v) is 11.7. The third-order valence-corrected chi connectivity index (χ3v) is 3.52. The van der Waals surface area contributed by atoms with Gasteiger partial charge in [0.05, 0.1) is 10.7 Å². The Hall–Kier alpha value is -2.06. The van der Waals surface area contributed by atoms with Crippen molar-refractivity contribution in [3.63, 3.8) is 0 Å². The van der Waals surface area contributed by atoms with Gasteiger partial charge in [-0.2, -0.15) is 5.26 Å². The first-order valence-corrected chi connectivity index (χ1v) is 6.25. The Morgan fingerprint density at radius 3 is 2.60 bits per heavy atom. The van der Waals surface area contributed by atoms with Gasteiger partial charge in [0.1, 0.15) is 17.6 Å². The largest absolute Gasteiger partial charge is 0.377 e. The van der Waals surface area contributed by atoms with E-state index < -0.39 is 11.6 Å². The van der Waals surface area contributed by atoms with Gasteiger partial charge in [-0.15, -0.1) is 0 Å². The van der Waals surface area contributed by atoms with Gasteiger partial charge in [0.25, 0.3) is 0 Å². The van der Waals surface area contributed by atoms with Crippen molar-refractivity contribution in [2.75, 3.05) is 5.32 Å². The summed E-state index contributed by atoms with van der Waals surface area (Å²) in [5, 5.41) is 11.8. The minimum atomic E-state index is -0.746. The average molecular weight is 296 g/mol. The molecular formula is C14H12ClF2N3. The Bertz CT molecular complexity index is 678. The number of hydrogen-bond acceptors (Lipinski definition) is 2. The molecule has 0 spiro atoms. The van der Waals surface area contributed by atoms with Crippen LogP contribution in [-0.2, 0) is 13.6 Å². The van der Waals surface area contributed by atoms with E-state index in [1.54, 1.807) is 17.7 Å². The molecule has 1 aromatic heterocycles. The first kappa shape index (κ1) is 14.4. The molecule has 104 valence electrons. The number of aromatic nitrogens is 1. The fourth-order valence-electron chi connectivity index (χ4n) is 1.94. The van der Waals surface area contributed by atoms with E-state index in [0.717, 1.165) is 23.4 Å². The number of nitriles is 1. The van der Waals surface area contributed by atoms with Crippen LogP contribution in [-0.4, -0.2) is 4.57 Å². The summed E-state index contributed by atoms with van der Waals surface area (Å²) < 4.78 is 28.3. The van der Waals surface area contributed by atoms with E-state index in [2.05, 4.69) is 11.4 Å². The molecule has 2 aromatic rings. The molecule has 0 aliphatic heterocycles. The van der Waals surface area contributed by atoms with E-state index in [4.69, 9.17) is 16.9 Å². The van der Waals surface area contributed by atoms with E-state index in [1.807, 2.05) is 6.92 Å². The lowest BCUT2D eigenvalue weighted by molar-refractivity contribution is 0.585. The highest BCUT2D eigenvalue weighted by Crippen LogP contribution is 2.27. The normalized spacial score (nSPS) is 10.4. The maximum atomic E-state index is 13.6. The molecule has 0 amide bonds. The van der Waals surface area contributed by atoms with Gasteiger partial charge in [-0.25, -0.2) is 8.78 Å². The molecule has 1 N–H and O–H groups in total. The van der Waals surface area contributed by atoms with E-state index in [1.165, 1.54) is 0 Å². The van der Waals surface area contributed by atoms with Crippen molar-refractivity contribution in [3.8, 4) is 6.07 Å². The van der Waals surface area contributed by atoms with Gasteiger partial charge in [0, 0.05) is 25.4 Å². The van der Waals surface area contributed by atoms with Gasteiger partial charge in [0.15, 0.2) is 5.82 Å². The second kappa shape index (κ2) is 5.51. The third-order valence-electron chi connectivity index (χ3n) is 3.22. The van der Waals surface area contributed by atoms with Gasteiger partial charge in [-0.3, -0.25) is 0 Å². The van der Waals surface area contributed by atoms with E-state index in [9.17, 15) is 8.78 Å². The summed E-state index contributed by atoms with van der Waals surface area (Å²) in [6.07, 6.45) is 0. The summed E-state index contributed by atoms with van der Waals surface area (Å²) in [6, 6.07) is 5.61. The Morgan fingerprint density at radius 1 is 1.35 bits per heavy atom. The van der Waals surface area contributed by atoms with Crippen molar-refractivity contribution in [2.24, 2.45) is 7.05 Å². The number of anilines is 1. The molecule has 1 aromatic carbocycles. The highest BCUT2D eigenvalue weighted by molar-refractivity contribution is 6.33. The highest BCUT2D eigenvalue weighted by Gasteiger charge is 2.12. The zero-order chi connectivity index (χ0) is 14.9. The molecule has 0 aliphatic rings. The lowest BCUT2D eigenvalue weighted by Gasteiger charge is -2.10. The monoisotopic (exact) mass is 295 g/mol. The first-order valence-electron chi connectivity index (χ1n) is 5.87. The third kappa shape index (κ3) is 2.61. The Morgan fingerprint density at radius 2 is 2.05 bits per heavy atom. The van der Waals surface area contributed by atoms with Gasteiger partial charge in [-0.05, 0) is 24.6 Å². The fraction of sp³-hybridized carbons (Fsp3) is 0.214. The number of hydrogen-bond donors (Lipinski definition) is 1. The number of nitrogens with zero attached hydrogens (tertiary/aromatic N) is 2. The molecule has 0 unspecified atom stereocenters. The lowest BCUT2D eigenvalue weighted by atomic mass is 10.2. The lowest BCUT2D eigenvalue weighted by Crippen LogP contribution is -2.04. The summed E-state index contributed by atoms with van der Waals surface area (Å²) in [5.74, 6) is -1.47. The molecule has 1 heterocycles. The average Bonchev–Trinajstić information content (AvgIpc) is 2.65. The number of nitrogens with one attached hydrogen (secondary N) is 1. The zero-order valence-electron chi connectivity index (χ0n) is 11.0. The summed E-state index contributed by atoms with van der Waals surface area (Å²) in [7, 11) is 1.78. The summed E-state index contributed by atoms with van der Waals surface area (Å²) in [4.78, 5) is 0. The molecular weight excluding hydrogens is 284 g/mol. The van der Waals surface area contributed by atoms with Crippen LogP contribution in [0.1, 0.15) is 17.0 Å². The summed E-state index contributed by atoms with van der Waals surface area (Å²) >= 11 is 5.80. The Balaban J connectivity index is 2.24. The van der Waals surface area contributed by atoms with Crippen LogP contribution < -0.4 is 5.32 Å². The van der Waals surface area contributed by atoms with Crippen LogP contribution in [0.5, 0.6) is 0 Å². The predicted molar refractivity (Wildman–Crippen MR) is 73.6 cm³/mol. The molecule has 2 rings (SSSR count). The highest BCUT2D eigenvalue weighted by atomic mass is 35.5. The van der Waals surface area contributed by atoms with Crippen LogP contribution in [0, 0.1) is 29.9 Å². The van der Waals surface area contributed by atoms with Crippen molar-refractivity contribution in [1.29, 1.82) is 5.26 Å². The number of benzene rings is 1. The predicted octanol–water partition coefficient (Wildman–Crippen LogP) is 3.75. The molecule has 0 aliphatic carbocycles. The maximum absolute atomic E-state index is 13.6. The molecule has 0 fully saturated rings. The second-order valence-corrected chi connectivity index (χ2v) is 4.82. The van der Waals surface area contributed by atoms with Crippen LogP contribution in [0.15, 0.2) is 18.2 Å². The van der Waals surface area contributed by atoms with Crippen LogP contribution in [0.4, 0.5) is 14.5 Å². The fourth-order valence-corrected chi connectivity index (χ4v) is 2.20. The quantitative estimate of drug-likeness (QED) is 0.937. The van der Waals surface area contributed by atoms with Gasteiger partial charge in [0.2, 0.25) is 0 Å². The molecule has 0 bridgehead atoms. The molecule has 0 saturated carbocycles. The minimum Gasteiger partial charge on any atom is -0.377 e. The summed E-state index contributed by atoms with van der Waals surface area (Å²) in [5.41, 5.74) is 2.32. The molecule has 20 heavy (non-hydrogen) atoms. The van der Waals surface area contributed by atoms with Crippen LogP contribution in [0.3, 0.4) is 0 Å². The topological polar surface area (TPSA) is 40.8 Å². The van der Waals surface area contributed by atoms with E-state index in [0.29, 0.717) is 12.2 Å². The SMILES string of the molecule is Cc1c(CNc2c(F)cc(F)cc2Cl)cc(C#N)n1C. The summed E-state index contributed by atoms with van der Waals surface area (Å²) in [6.45, 7) is 2.16. The smallest absolute Gasteiger partial charge is 0.150 e. The first-order chi connectivity index (χ1) is 9.43. The van der Waals surface area contributed by atoms with Crippen LogP contribution in [0.2, 0.25) is 5.02 Å². The Labute approximate surface area is 120 Å². The van der Waals surface area contributed by atoms with Crippen LogP contribution in [0.25, 0.3) is 0 Å². The van der Waals surface area contributed by atoms with E-state index in [-0.39, 0.29) is 10.7 Å². The van der Waals surface area contributed by atoms with Gasteiger partial charge < -0.3 is 9.88 Å².